The molecule has 0 saturated heterocycles. The standard InChI is InChI=1S/C32H31F3N6O6/c1-19-15-22(17-36)28(16-26(19)37-31(44)30-38-39-40-41(30)18-21-5-7-23(45-3)8-6-21)47-14-4-13-46-27-10-9-24(20(2)42)29(43)25(27)11-12-32(33,34)35/h5-10,15-16,43H,4,11-14,18H2,1-3H3,(H,37,44). The number of tetrazole rings is 1. The van der Waals surface area contributed by atoms with E-state index < -0.39 is 36.5 Å². The molecule has 0 aliphatic rings. The van der Waals surface area contributed by atoms with Gasteiger partial charge >= 0.3 is 6.18 Å². The van der Waals surface area contributed by atoms with Gasteiger partial charge in [-0.2, -0.15) is 18.4 Å². The lowest BCUT2D eigenvalue weighted by molar-refractivity contribution is -0.134. The number of ketones is 1. The van der Waals surface area contributed by atoms with Gasteiger partial charge in [0.25, 0.3) is 5.91 Å². The molecule has 246 valence electrons. The van der Waals surface area contributed by atoms with E-state index in [1.807, 2.05) is 18.2 Å². The van der Waals surface area contributed by atoms with Gasteiger partial charge in [0.15, 0.2) is 5.78 Å². The lowest BCUT2D eigenvalue weighted by Gasteiger charge is -2.16. The molecule has 47 heavy (non-hydrogen) atoms. The highest BCUT2D eigenvalue weighted by atomic mass is 19.4. The Bertz CT molecular complexity index is 1780. The molecule has 15 heteroatoms. The quantitative estimate of drug-likeness (QED) is 0.133. The largest absolute Gasteiger partial charge is 0.507 e. The van der Waals surface area contributed by atoms with Gasteiger partial charge < -0.3 is 24.6 Å². The molecular weight excluding hydrogens is 621 g/mol. The molecule has 4 aromatic rings. The Kier molecular flexibility index (Phi) is 11.0. The number of ether oxygens (including phenoxy) is 3. The normalized spacial score (nSPS) is 11.1. The van der Waals surface area contributed by atoms with Crippen molar-refractivity contribution in [3.63, 3.8) is 0 Å². The molecular formula is C32H31F3N6O6. The summed E-state index contributed by atoms with van der Waals surface area (Å²) in [5.41, 5.74) is 1.78. The molecule has 12 nitrogen and oxygen atoms in total. The van der Waals surface area contributed by atoms with Crippen molar-refractivity contribution in [2.24, 2.45) is 0 Å². The molecule has 0 spiro atoms. The maximum Gasteiger partial charge on any atom is 0.389 e. The van der Waals surface area contributed by atoms with Crippen molar-refractivity contribution in [3.05, 3.63) is 82.2 Å². The van der Waals surface area contributed by atoms with Gasteiger partial charge in [-0.15, -0.1) is 5.10 Å². The van der Waals surface area contributed by atoms with Crippen LogP contribution in [0.3, 0.4) is 0 Å². The molecule has 0 bridgehead atoms. The number of nitriles is 1. The second kappa shape index (κ2) is 15.1. The summed E-state index contributed by atoms with van der Waals surface area (Å²) in [5.74, 6) is -0.787. The summed E-state index contributed by atoms with van der Waals surface area (Å²) in [6.07, 6.45) is -6.00. The first-order valence-corrected chi connectivity index (χ1v) is 14.3. The van der Waals surface area contributed by atoms with E-state index in [9.17, 15) is 33.1 Å². The van der Waals surface area contributed by atoms with Crippen LogP contribution in [-0.4, -0.2) is 63.5 Å². The number of nitrogens with zero attached hydrogens (tertiary/aromatic N) is 5. The van der Waals surface area contributed by atoms with Gasteiger partial charge in [0.1, 0.15) is 29.1 Å². The number of Topliss-reactive ketones (excluding diaryl/α,β-unsaturated/α-hetero) is 1. The number of hydrogen-bond acceptors (Lipinski definition) is 10. The summed E-state index contributed by atoms with van der Waals surface area (Å²) in [6.45, 7) is 3.17. The zero-order valence-corrected chi connectivity index (χ0v) is 25.7. The number of nitrogens with one attached hydrogen (secondary N) is 1. The predicted molar refractivity (Wildman–Crippen MR) is 162 cm³/mol. The number of amides is 1. The Labute approximate surface area is 267 Å². The molecule has 0 unspecified atom stereocenters. The van der Waals surface area contributed by atoms with Gasteiger partial charge in [0.05, 0.1) is 38.0 Å². The molecule has 0 radical (unpaired) electrons. The van der Waals surface area contributed by atoms with Crippen LogP contribution in [0.15, 0.2) is 48.5 Å². The number of carbonyl (C=O) groups is 2. The Balaban J connectivity index is 1.40. The highest BCUT2D eigenvalue weighted by Crippen LogP contribution is 2.35. The summed E-state index contributed by atoms with van der Waals surface area (Å²) in [6, 6.07) is 14.9. The van der Waals surface area contributed by atoms with Crippen LogP contribution in [0.5, 0.6) is 23.0 Å². The molecule has 2 N–H and O–H groups in total. The third kappa shape index (κ3) is 8.97. The lowest BCUT2D eigenvalue weighted by Crippen LogP contribution is -2.20. The minimum Gasteiger partial charge on any atom is -0.507 e. The molecule has 0 aliphatic heterocycles. The molecule has 0 aliphatic carbocycles. The number of anilines is 1. The monoisotopic (exact) mass is 652 g/mol. The van der Waals surface area contributed by atoms with Crippen molar-refractivity contribution >= 4 is 17.4 Å². The fourth-order valence-corrected chi connectivity index (χ4v) is 4.55. The van der Waals surface area contributed by atoms with Crippen molar-refractivity contribution in [1.82, 2.24) is 20.2 Å². The van der Waals surface area contributed by atoms with Crippen molar-refractivity contribution < 1.29 is 42.1 Å². The number of hydrogen-bond donors (Lipinski definition) is 2. The first-order chi connectivity index (χ1) is 22.4. The summed E-state index contributed by atoms with van der Waals surface area (Å²) >= 11 is 0. The zero-order chi connectivity index (χ0) is 34.1. The molecule has 4 rings (SSSR count). The number of phenolic OH excluding ortho intramolecular Hbond substituents is 1. The number of aryl methyl sites for hydroxylation is 1. The van der Waals surface area contributed by atoms with Crippen LogP contribution in [0.1, 0.15) is 63.0 Å². The second-order valence-electron chi connectivity index (χ2n) is 10.4. The highest BCUT2D eigenvalue weighted by molar-refractivity contribution is 6.02. The number of benzene rings is 3. The molecule has 0 fully saturated rings. The fourth-order valence-electron chi connectivity index (χ4n) is 4.55. The van der Waals surface area contributed by atoms with Gasteiger partial charge in [-0.3, -0.25) is 9.59 Å². The number of rotatable bonds is 14. The molecule has 0 atom stereocenters. The van der Waals surface area contributed by atoms with Crippen molar-refractivity contribution in [2.45, 2.75) is 45.8 Å². The smallest absolute Gasteiger partial charge is 0.389 e. The molecule has 1 heterocycles. The van der Waals surface area contributed by atoms with Crippen LogP contribution in [-0.2, 0) is 13.0 Å². The van der Waals surface area contributed by atoms with E-state index >= 15 is 0 Å². The van der Waals surface area contributed by atoms with Crippen LogP contribution in [0.2, 0.25) is 0 Å². The van der Waals surface area contributed by atoms with E-state index in [1.54, 1.807) is 32.2 Å². The summed E-state index contributed by atoms with van der Waals surface area (Å²) in [7, 11) is 1.56. The average molecular weight is 653 g/mol. The minimum absolute atomic E-state index is 0.00787. The summed E-state index contributed by atoms with van der Waals surface area (Å²) in [4.78, 5) is 24.9. The number of carbonyl (C=O) groups excluding carboxylic acids is 2. The predicted octanol–water partition coefficient (Wildman–Crippen LogP) is 5.41. The van der Waals surface area contributed by atoms with Crippen LogP contribution < -0.4 is 19.5 Å². The van der Waals surface area contributed by atoms with Crippen molar-refractivity contribution in [3.8, 4) is 29.1 Å². The molecule has 3 aromatic carbocycles. The molecule has 0 saturated carbocycles. The molecule has 1 aromatic heterocycles. The average Bonchev–Trinajstić information content (AvgIpc) is 3.49. The fraction of sp³-hybridized carbons (Fsp3) is 0.312. The van der Waals surface area contributed by atoms with E-state index in [-0.39, 0.29) is 60.2 Å². The van der Waals surface area contributed by atoms with Gasteiger partial charge in [-0.25, -0.2) is 4.68 Å². The number of halogens is 3. The van der Waals surface area contributed by atoms with Gasteiger partial charge in [-0.1, -0.05) is 12.1 Å². The van der Waals surface area contributed by atoms with Crippen molar-refractivity contribution in [2.75, 3.05) is 25.6 Å². The number of aromatic nitrogens is 4. The Hall–Kier alpha value is -5.65. The zero-order valence-electron chi connectivity index (χ0n) is 25.7. The maximum atomic E-state index is 13.1. The van der Waals surface area contributed by atoms with Crippen LogP contribution in [0, 0.1) is 18.3 Å². The number of methoxy groups -OCH3 is 1. The van der Waals surface area contributed by atoms with E-state index in [4.69, 9.17) is 14.2 Å². The van der Waals surface area contributed by atoms with Gasteiger partial charge in [0.2, 0.25) is 5.82 Å². The third-order valence-electron chi connectivity index (χ3n) is 7.00. The second-order valence-corrected chi connectivity index (χ2v) is 10.4. The maximum absolute atomic E-state index is 13.1. The van der Waals surface area contributed by atoms with Gasteiger partial charge in [0, 0.05) is 30.2 Å². The number of alkyl halides is 3. The minimum atomic E-state index is -4.47. The first kappa shape index (κ1) is 34.2. The number of aromatic hydroxyl groups is 1. The molecule has 1 amide bonds. The first-order valence-electron chi connectivity index (χ1n) is 14.3. The van der Waals surface area contributed by atoms with E-state index in [1.165, 1.54) is 29.8 Å². The number of phenols is 1. The summed E-state index contributed by atoms with van der Waals surface area (Å²) in [5, 5.41) is 34.2. The van der Waals surface area contributed by atoms with Gasteiger partial charge in [-0.05, 0) is 72.2 Å². The summed E-state index contributed by atoms with van der Waals surface area (Å²) < 4.78 is 56.6. The van der Waals surface area contributed by atoms with E-state index in [0.29, 0.717) is 17.0 Å². The Morgan fingerprint density at radius 2 is 1.77 bits per heavy atom. The van der Waals surface area contributed by atoms with Crippen LogP contribution in [0.25, 0.3) is 0 Å². The van der Waals surface area contributed by atoms with Crippen LogP contribution >= 0.6 is 0 Å². The SMILES string of the molecule is COc1ccc(Cn2nnnc2C(=O)Nc2cc(OCCCOc3ccc(C(C)=O)c(O)c3CCC(F)(F)F)c(C#N)cc2C)cc1. The Morgan fingerprint density at radius 3 is 2.40 bits per heavy atom. The Morgan fingerprint density at radius 1 is 1.06 bits per heavy atom. The van der Waals surface area contributed by atoms with Crippen molar-refractivity contribution in [1.29, 1.82) is 5.26 Å². The third-order valence-corrected chi connectivity index (χ3v) is 7.00. The lowest BCUT2D eigenvalue weighted by atomic mass is 10.0. The van der Waals surface area contributed by atoms with E-state index in [0.717, 1.165) is 5.56 Å². The van der Waals surface area contributed by atoms with E-state index in [2.05, 4.69) is 20.8 Å². The topological polar surface area (TPSA) is 161 Å². The highest BCUT2D eigenvalue weighted by Gasteiger charge is 2.29. The van der Waals surface area contributed by atoms with Crippen LogP contribution in [0.4, 0.5) is 18.9 Å².